The Labute approximate surface area is 118 Å². The van der Waals surface area contributed by atoms with Crippen LogP contribution in [0, 0.1) is 5.82 Å². The zero-order valence-corrected chi connectivity index (χ0v) is 11.4. The van der Waals surface area contributed by atoms with Gasteiger partial charge in [-0.2, -0.15) is 0 Å². The Kier molecular flexibility index (Phi) is 3.61. The number of nitrogens with zero attached hydrogens (tertiary/aromatic N) is 1. The average Bonchev–Trinajstić information content (AvgIpc) is 3.15. The Morgan fingerprint density at radius 3 is 3.00 bits per heavy atom. The van der Waals surface area contributed by atoms with E-state index in [0.717, 1.165) is 38.0 Å². The number of hydrogen-bond donors (Lipinski definition) is 2. The van der Waals surface area contributed by atoms with Gasteiger partial charge in [0.15, 0.2) is 0 Å². The van der Waals surface area contributed by atoms with Crippen LogP contribution in [0.3, 0.4) is 0 Å². The van der Waals surface area contributed by atoms with E-state index in [-0.39, 0.29) is 17.8 Å². The van der Waals surface area contributed by atoms with Crippen molar-refractivity contribution in [1.82, 2.24) is 5.32 Å². The Morgan fingerprint density at radius 2 is 2.30 bits per heavy atom. The maximum absolute atomic E-state index is 13.3. The minimum atomic E-state index is -0.296. The van der Waals surface area contributed by atoms with E-state index in [1.165, 1.54) is 11.6 Å². The number of rotatable bonds is 6. The van der Waals surface area contributed by atoms with Gasteiger partial charge >= 0.3 is 0 Å². The molecule has 1 saturated carbocycles. The number of amides is 1. The van der Waals surface area contributed by atoms with Gasteiger partial charge in [-0.15, -0.1) is 0 Å². The Balaban J connectivity index is 1.61. The van der Waals surface area contributed by atoms with Crippen molar-refractivity contribution in [3.63, 3.8) is 0 Å². The maximum Gasteiger partial charge on any atom is 0.234 e. The van der Waals surface area contributed by atoms with Crippen molar-refractivity contribution < 1.29 is 9.18 Å². The highest BCUT2D eigenvalue weighted by atomic mass is 19.1. The minimum Gasteiger partial charge on any atom is -0.371 e. The summed E-state index contributed by atoms with van der Waals surface area (Å²) in [6.07, 6.45) is 3.86. The van der Waals surface area contributed by atoms with Gasteiger partial charge in [0.05, 0.1) is 6.04 Å². The van der Waals surface area contributed by atoms with Gasteiger partial charge in [-0.25, -0.2) is 4.39 Å². The lowest BCUT2D eigenvalue weighted by atomic mass is 10.1. The van der Waals surface area contributed by atoms with Crippen LogP contribution in [0.5, 0.6) is 0 Å². The molecule has 1 amide bonds. The number of primary amides is 1. The molecule has 20 heavy (non-hydrogen) atoms. The third-order valence-electron chi connectivity index (χ3n) is 4.08. The van der Waals surface area contributed by atoms with Crippen molar-refractivity contribution >= 4 is 11.6 Å². The second-order valence-corrected chi connectivity index (χ2v) is 5.69. The van der Waals surface area contributed by atoms with Crippen LogP contribution in [0.4, 0.5) is 10.1 Å². The maximum atomic E-state index is 13.3. The number of benzene rings is 1. The zero-order valence-electron chi connectivity index (χ0n) is 11.4. The number of fused-ring (bicyclic) bond motifs is 1. The van der Waals surface area contributed by atoms with Gasteiger partial charge in [-0.3, -0.25) is 4.79 Å². The quantitative estimate of drug-likeness (QED) is 0.821. The van der Waals surface area contributed by atoms with Crippen molar-refractivity contribution in [2.24, 2.45) is 5.73 Å². The lowest BCUT2D eigenvalue weighted by Gasteiger charge is -2.22. The van der Waals surface area contributed by atoms with Gasteiger partial charge in [0, 0.05) is 24.8 Å². The standard InChI is InChI=1S/C15H20FN3O/c16-11-2-1-10-5-7-19(14(10)9-11)8-6-13(15(17)20)18-12-3-4-12/h1-2,9,12-13,18H,3-8H2,(H2,17,20). The molecule has 1 aromatic rings. The van der Waals surface area contributed by atoms with Gasteiger partial charge in [-0.05, 0) is 43.4 Å². The van der Waals surface area contributed by atoms with E-state index in [1.54, 1.807) is 6.07 Å². The summed E-state index contributed by atoms with van der Waals surface area (Å²) >= 11 is 0. The Hall–Kier alpha value is -1.62. The van der Waals surface area contributed by atoms with E-state index in [0.29, 0.717) is 12.5 Å². The first kappa shape index (κ1) is 13.4. The molecule has 0 aromatic heterocycles. The molecule has 1 aliphatic heterocycles. The van der Waals surface area contributed by atoms with Crippen molar-refractivity contribution in [3.8, 4) is 0 Å². The van der Waals surface area contributed by atoms with Gasteiger partial charge in [-0.1, -0.05) is 6.07 Å². The third-order valence-corrected chi connectivity index (χ3v) is 4.08. The van der Waals surface area contributed by atoms with E-state index in [4.69, 9.17) is 5.73 Å². The molecule has 0 saturated heterocycles. The van der Waals surface area contributed by atoms with Crippen molar-refractivity contribution in [3.05, 3.63) is 29.6 Å². The largest absolute Gasteiger partial charge is 0.371 e. The summed E-state index contributed by atoms with van der Waals surface area (Å²) in [5.41, 5.74) is 7.57. The molecule has 1 heterocycles. The second kappa shape index (κ2) is 5.40. The number of anilines is 1. The van der Waals surface area contributed by atoms with Gasteiger partial charge in [0.25, 0.3) is 0 Å². The summed E-state index contributed by atoms with van der Waals surface area (Å²) in [6.45, 7) is 1.61. The normalized spacial score (nSPS) is 18.9. The number of hydrogen-bond acceptors (Lipinski definition) is 3. The molecule has 1 atom stereocenters. The molecule has 1 unspecified atom stereocenters. The average molecular weight is 277 g/mol. The van der Waals surface area contributed by atoms with Crippen molar-refractivity contribution in [2.75, 3.05) is 18.0 Å². The van der Waals surface area contributed by atoms with E-state index >= 15 is 0 Å². The molecular formula is C15H20FN3O. The molecule has 1 aromatic carbocycles. The fourth-order valence-corrected chi connectivity index (χ4v) is 2.78. The molecule has 1 aliphatic carbocycles. The Bertz CT molecular complexity index is 516. The van der Waals surface area contributed by atoms with Crippen LogP contribution in [-0.2, 0) is 11.2 Å². The van der Waals surface area contributed by atoms with E-state index < -0.39 is 0 Å². The first-order valence-electron chi connectivity index (χ1n) is 7.22. The molecule has 0 radical (unpaired) electrons. The van der Waals surface area contributed by atoms with E-state index in [1.807, 2.05) is 6.07 Å². The fourth-order valence-electron chi connectivity index (χ4n) is 2.78. The molecule has 3 rings (SSSR count). The Morgan fingerprint density at radius 1 is 1.50 bits per heavy atom. The van der Waals surface area contributed by atoms with Crippen LogP contribution in [0.1, 0.15) is 24.8 Å². The van der Waals surface area contributed by atoms with Crippen LogP contribution in [0.25, 0.3) is 0 Å². The van der Waals surface area contributed by atoms with Gasteiger partial charge < -0.3 is 16.0 Å². The molecular weight excluding hydrogens is 257 g/mol. The fraction of sp³-hybridized carbons (Fsp3) is 0.533. The second-order valence-electron chi connectivity index (χ2n) is 5.69. The minimum absolute atomic E-state index is 0.210. The number of carbonyl (C=O) groups is 1. The first-order valence-corrected chi connectivity index (χ1v) is 7.22. The molecule has 2 aliphatic rings. The van der Waals surface area contributed by atoms with Gasteiger partial charge in [0.1, 0.15) is 5.82 Å². The van der Waals surface area contributed by atoms with Crippen molar-refractivity contribution in [2.45, 2.75) is 37.8 Å². The number of carbonyl (C=O) groups excluding carboxylic acids is 1. The predicted molar refractivity (Wildman–Crippen MR) is 76.1 cm³/mol. The highest BCUT2D eigenvalue weighted by molar-refractivity contribution is 5.80. The first-order chi connectivity index (χ1) is 9.63. The van der Waals surface area contributed by atoms with E-state index in [2.05, 4.69) is 10.2 Å². The molecule has 108 valence electrons. The summed E-state index contributed by atoms with van der Waals surface area (Å²) < 4.78 is 13.3. The summed E-state index contributed by atoms with van der Waals surface area (Å²) in [4.78, 5) is 13.6. The van der Waals surface area contributed by atoms with Gasteiger partial charge in [0.2, 0.25) is 5.91 Å². The predicted octanol–water partition coefficient (Wildman–Crippen LogP) is 1.18. The van der Waals surface area contributed by atoms with Crippen LogP contribution in [0.15, 0.2) is 18.2 Å². The number of halogens is 1. The highest BCUT2D eigenvalue weighted by Crippen LogP contribution is 2.29. The molecule has 3 N–H and O–H groups in total. The van der Waals surface area contributed by atoms with Crippen LogP contribution >= 0.6 is 0 Å². The number of nitrogens with one attached hydrogen (secondary N) is 1. The third kappa shape index (κ3) is 2.93. The molecule has 0 bridgehead atoms. The molecule has 5 heteroatoms. The summed E-state index contributed by atoms with van der Waals surface area (Å²) in [5, 5.41) is 3.27. The summed E-state index contributed by atoms with van der Waals surface area (Å²) in [6, 6.07) is 5.11. The topological polar surface area (TPSA) is 58.4 Å². The van der Waals surface area contributed by atoms with Crippen LogP contribution < -0.4 is 16.0 Å². The lowest BCUT2D eigenvalue weighted by molar-refractivity contribution is -0.120. The van der Waals surface area contributed by atoms with Crippen molar-refractivity contribution in [1.29, 1.82) is 0 Å². The summed E-state index contributed by atoms with van der Waals surface area (Å²) in [5.74, 6) is -0.506. The van der Waals surface area contributed by atoms with Crippen LogP contribution in [0.2, 0.25) is 0 Å². The zero-order chi connectivity index (χ0) is 14.1. The number of nitrogens with two attached hydrogens (primary N) is 1. The van der Waals surface area contributed by atoms with Crippen LogP contribution in [-0.4, -0.2) is 31.1 Å². The SMILES string of the molecule is NC(=O)C(CCN1CCc2ccc(F)cc21)NC1CC1. The highest BCUT2D eigenvalue weighted by Gasteiger charge is 2.28. The molecule has 4 nitrogen and oxygen atoms in total. The monoisotopic (exact) mass is 277 g/mol. The molecule has 1 fully saturated rings. The molecule has 0 spiro atoms. The van der Waals surface area contributed by atoms with E-state index in [9.17, 15) is 9.18 Å². The summed E-state index contributed by atoms with van der Waals surface area (Å²) in [7, 11) is 0. The smallest absolute Gasteiger partial charge is 0.234 e. The lowest BCUT2D eigenvalue weighted by Crippen LogP contribution is -2.44.